The number of hydrogen-bond donors (Lipinski definition) is 3. The molecule has 0 unspecified atom stereocenters. The maximum Gasteiger partial charge on any atom is 0.490 e. The summed E-state index contributed by atoms with van der Waals surface area (Å²) in [4.78, 5) is 26.7. The van der Waals surface area contributed by atoms with E-state index in [1.165, 1.54) is 0 Å². The fourth-order valence-corrected chi connectivity index (χ4v) is 5.63. The zero-order valence-electron chi connectivity index (χ0n) is 25.4. The van der Waals surface area contributed by atoms with E-state index in [0.29, 0.717) is 36.2 Å². The van der Waals surface area contributed by atoms with Crippen LogP contribution < -0.4 is 14.9 Å². The van der Waals surface area contributed by atoms with Crippen LogP contribution >= 0.6 is 0 Å². The van der Waals surface area contributed by atoms with Gasteiger partial charge < -0.3 is 20.2 Å². The van der Waals surface area contributed by atoms with Crippen molar-refractivity contribution in [2.45, 2.75) is 58.5 Å². The van der Waals surface area contributed by atoms with Crippen LogP contribution in [0.4, 0.5) is 24.5 Å². The summed E-state index contributed by atoms with van der Waals surface area (Å²) >= 11 is 0. The smallest absolute Gasteiger partial charge is 0.475 e. The van der Waals surface area contributed by atoms with Gasteiger partial charge in [0.05, 0.1) is 16.3 Å². The molecule has 0 aromatic heterocycles. The number of halogens is 3. The standard InChI is InChI=1S/C28H42N4O3S.C2HF3O2/c1-6-7-23-8-11-25(12-9-23)36(34,35)30-26-18-24(10-13-27(26)31-16-14-29-15-17-31)28(33)32(19-21(2)3)20-22(4)5;3-2(4,5)1(6)7/h8-13,18,21-22,29-30H,6-7,14-17,19-20H2,1-5H3;(H,6,7). The molecule has 240 valence electrons. The molecular formula is C30H43F3N4O5S. The third-order valence-electron chi connectivity index (χ3n) is 6.42. The van der Waals surface area contributed by atoms with E-state index >= 15 is 0 Å². The molecule has 9 nitrogen and oxygen atoms in total. The lowest BCUT2D eigenvalue weighted by atomic mass is 10.1. The van der Waals surface area contributed by atoms with Gasteiger partial charge in [0.2, 0.25) is 0 Å². The third-order valence-corrected chi connectivity index (χ3v) is 7.80. The zero-order valence-corrected chi connectivity index (χ0v) is 26.2. The summed E-state index contributed by atoms with van der Waals surface area (Å²) in [5.41, 5.74) is 2.83. The summed E-state index contributed by atoms with van der Waals surface area (Å²) < 4.78 is 61.3. The van der Waals surface area contributed by atoms with Crippen molar-refractivity contribution >= 4 is 33.3 Å². The van der Waals surface area contributed by atoms with E-state index in [-0.39, 0.29) is 10.8 Å². The van der Waals surface area contributed by atoms with Crippen LogP contribution in [0.1, 0.15) is 57.0 Å². The molecule has 3 N–H and O–H groups in total. The lowest BCUT2D eigenvalue weighted by molar-refractivity contribution is -0.192. The maximum absolute atomic E-state index is 13.5. The molecule has 0 spiro atoms. The Balaban J connectivity index is 0.000000821. The normalized spacial score (nSPS) is 13.9. The number of nitrogens with one attached hydrogen (secondary N) is 2. The summed E-state index contributed by atoms with van der Waals surface area (Å²) in [6.07, 6.45) is -3.17. The minimum atomic E-state index is -5.08. The molecule has 43 heavy (non-hydrogen) atoms. The highest BCUT2D eigenvalue weighted by Crippen LogP contribution is 2.31. The van der Waals surface area contributed by atoms with Crippen molar-refractivity contribution in [2.24, 2.45) is 11.8 Å². The molecule has 0 bridgehead atoms. The van der Waals surface area contributed by atoms with Gasteiger partial charge in [-0.15, -0.1) is 0 Å². The SMILES string of the molecule is CCCc1ccc(S(=O)(=O)Nc2cc(C(=O)N(CC(C)C)CC(C)C)ccc2N2CCNCC2)cc1.O=C(O)C(F)(F)F. The summed E-state index contributed by atoms with van der Waals surface area (Å²) in [5, 5.41) is 10.5. The van der Waals surface area contributed by atoms with Gasteiger partial charge in [-0.05, 0) is 54.2 Å². The number of rotatable bonds is 11. The van der Waals surface area contributed by atoms with Crippen molar-refractivity contribution in [3.8, 4) is 0 Å². The third kappa shape index (κ3) is 11.4. The molecule has 3 rings (SSSR count). The van der Waals surface area contributed by atoms with Gasteiger partial charge in [-0.1, -0.05) is 53.2 Å². The van der Waals surface area contributed by atoms with Crippen LogP contribution in [0.5, 0.6) is 0 Å². The molecule has 1 aliphatic heterocycles. The molecule has 13 heteroatoms. The van der Waals surface area contributed by atoms with E-state index < -0.39 is 22.2 Å². The van der Waals surface area contributed by atoms with Gasteiger partial charge in [-0.3, -0.25) is 9.52 Å². The lowest BCUT2D eigenvalue weighted by Crippen LogP contribution is -2.44. The van der Waals surface area contributed by atoms with Gasteiger partial charge in [0.1, 0.15) is 0 Å². The van der Waals surface area contributed by atoms with Gasteiger partial charge in [-0.25, -0.2) is 13.2 Å². The molecule has 0 atom stereocenters. The molecule has 1 amide bonds. The van der Waals surface area contributed by atoms with Crippen molar-refractivity contribution in [3.05, 3.63) is 53.6 Å². The summed E-state index contributed by atoms with van der Waals surface area (Å²) in [5.74, 6) is -2.16. The number of benzene rings is 2. The Morgan fingerprint density at radius 3 is 2.00 bits per heavy atom. The first-order valence-electron chi connectivity index (χ1n) is 14.4. The van der Waals surface area contributed by atoms with Gasteiger partial charge >= 0.3 is 12.1 Å². The second-order valence-corrected chi connectivity index (χ2v) is 13.0. The second-order valence-electron chi connectivity index (χ2n) is 11.3. The number of anilines is 2. The lowest BCUT2D eigenvalue weighted by Gasteiger charge is -2.32. The number of carbonyl (C=O) groups excluding carboxylic acids is 1. The second kappa shape index (κ2) is 15.9. The van der Waals surface area contributed by atoms with Crippen molar-refractivity contribution in [1.82, 2.24) is 10.2 Å². The Kier molecular flexibility index (Phi) is 13.3. The van der Waals surface area contributed by atoms with E-state index in [1.54, 1.807) is 18.2 Å². The van der Waals surface area contributed by atoms with Gasteiger partial charge in [0.15, 0.2) is 0 Å². The molecular weight excluding hydrogens is 585 g/mol. The first-order chi connectivity index (χ1) is 20.0. The highest BCUT2D eigenvalue weighted by molar-refractivity contribution is 7.92. The molecule has 2 aromatic rings. The quantitative estimate of drug-likeness (QED) is 0.312. The molecule has 0 radical (unpaired) electrons. The van der Waals surface area contributed by atoms with Gasteiger partial charge in [-0.2, -0.15) is 13.2 Å². The minimum absolute atomic E-state index is 0.0753. The predicted molar refractivity (Wildman–Crippen MR) is 162 cm³/mol. The number of nitrogens with zero attached hydrogens (tertiary/aromatic N) is 2. The summed E-state index contributed by atoms with van der Waals surface area (Å²) in [6.45, 7) is 15.0. The highest BCUT2D eigenvalue weighted by Gasteiger charge is 2.38. The van der Waals surface area contributed by atoms with Crippen LogP contribution in [-0.2, 0) is 21.2 Å². The molecule has 1 aliphatic rings. The van der Waals surface area contributed by atoms with Crippen molar-refractivity contribution in [1.29, 1.82) is 0 Å². The number of sulfonamides is 1. The molecule has 1 fully saturated rings. The average molecular weight is 629 g/mol. The Labute approximate surface area is 252 Å². The number of hydrogen-bond acceptors (Lipinski definition) is 6. The fraction of sp³-hybridized carbons (Fsp3) is 0.533. The number of alkyl halides is 3. The molecule has 0 aliphatic carbocycles. The summed E-state index contributed by atoms with van der Waals surface area (Å²) in [7, 11) is -3.82. The summed E-state index contributed by atoms with van der Waals surface area (Å²) in [6, 6.07) is 12.4. The Morgan fingerprint density at radius 1 is 1.00 bits per heavy atom. The van der Waals surface area contributed by atoms with Crippen LogP contribution in [-0.4, -0.2) is 75.7 Å². The Hall–Kier alpha value is -3.32. The number of aryl methyl sites for hydroxylation is 1. The van der Waals surface area contributed by atoms with E-state index in [0.717, 1.165) is 50.3 Å². The average Bonchev–Trinajstić information content (AvgIpc) is 2.92. The van der Waals surface area contributed by atoms with Gasteiger partial charge in [0.25, 0.3) is 15.9 Å². The van der Waals surface area contributed by atoms with E-state index in [2.05, 4.69) is 49.6 Å². The van der Waals surface area contributed by atoms with Crippen molar-refractivity contribution < 1.29 is 36.3 Å². The van der Waals surface area contributed by atoms with E-state index in [4.69, 9.17) is 9.90 Å². The Morgan fingerprint density at radius 2 is 1.53 bits per heavy atom. The highest BCUT2D eigenvalue weighted by atomic mass is 32.2. The number of aliphatic carboxylic acids is 1. The first-order valence-corrected chi connectivity index (χ1v) is 15.8. The minimum Gasteiger partial charge on any atom is -0.475 e. The van der Waals surface area contributed by atoms with E-state index in [9.17, 15) is 26.4 Å². The van der Waals surface area contributed by atoms with Crippen LogP contribution in [0.2, 0.25) is 0 Å². The number of carboxylic acids is 1. The van der Waals surface area contributed by atoms with Gasteiger partial charge in [0, 0.05) is 44.8 Å². The Bertz CT molecular complexity index is 1300. The topological polar surface area (TPSA) is 119 Å². The van der Waals surface area contributed by atoms with Crippen LogP contribution in [0.15, 0.2) is 47.4 Å². The fourth-order valence-electron chi connectivity index (χ4n) is 4.56. The monoisotopic (exact) mass is 628 g/mol. The number of piperazine rings is 1. The first kappa shape index (κ1) is 35.9. The van der Waals surface area contributed by atoms with Crippen LogP contribution in [0, 0.1) is 11.8 Å². The predicted octanol–water partition coefficient (Wildman–Crippen LogP) is 5.24. The molecule has 0 saturated carbocycles. The van der Waals surface area contributed by atoms with Crippen LogP contribution in [0.3, 0.4) is 0 Å². The molecule has 2 aromatic carbocycles. The van der Waals surface area contributed by atoms with Crippen molar-refractivity contribution in [2.75, 3.05) is 48.9 Å². The largest absolute Gasteiger partial charge is 0.490 e. The van der Waals surface area contributed by atoms with Crippen LogP contribution in [0.25, 0.3) is 0 Å². The molecule has 1 heterocycles. The number of amides is 1. The number of carboxylic acid groups (broad SMARTS) is 1. The zero-order chi connectivity index (χ0) is 32.4. The maximum atomic E-state index is 13.5. The number of carbonyl (C=O) groups is 2. The van der Waals surface area contributed by atoms with Crippen molar-refractivity contribution in [3.63, 3.8) is 0 Å². The molecule has 1 saturated heterocycles. The van der Waals surface area contributed by atoms with E-state index in [1.807, 2.05) is 29.2 Å².